The van der Waals surface area contributed by atoms with Crippen LogP contribution in [0, 0.1) is 0 Å². The summed E-state index contributed by atoms with van der Waals surface area (Å²) in [5.41, 5.74) is 1.06. The molecule has 0 aliphatic carbocycles. The van der Waals surface area contributed by atoms with E-state index in [1.807, 2.05) is 0 Å². The van der Waals surface area contributed by atoms with Crippen LogP contribution in [0.25, 0.3) is 0 Å². The first-order chi connectivity index (χ1) is 5.88. The van der Waals surface area contributed by atoms with Crippen molar-refractivity contribution in [3.8, 4) is 0 Å². The lowest BCUT2D eigenvalue weighted by molar-refractivity contribution is -0.186. The summed E-state index contributed by atoms with van der Waals surface area (Å²) in [6, 6.07) is 0. The summed E-state index contributed by atoms with van der Waals surface area (Å²) in [6.45, 7) is -0.668. The van der Waals surface area contributed by atoms with Crippen molar-refractivity contribution in [2.45, 2.75) is 6.18 Å². The maximum Gasteiger partial charge on any atom is 0.473 e. The third kappa shape index (κ3) is 5.01. The maximum atomic E-state index is 11.5. The van der Waals surface area contributed by atoms with Gasteiger partial charge in [0.15, 0.2) is 6.61 Å². The van der Waals surface area contributed by atoms with Gasteiger partial charge in [0.05, 0.1) is 0 Å². The molecule has 0 atom stereocenters. The van der Waals surface area contributed by atoms with Crippen LogP contribution in [0.4, 0.5) is 13.2 Å². The van der Waals surface area contributed by atoms with Crippen molar-refractivity contribution in [3.05, 3.63) is 0 Å². The average molecular weight is 200 g/mol. The predicted molar refractivity (Wildman–Crippen MR) is 34.2 cm³/mol. The van der Waals surface area contributed by atoms with E-state index in [4.69, 9.17) is 0 Å². The predicted octanol–water partition coefficient (Wildman–Crippen LogP) is -0.657. The number of alkyl halides is 3. The van der Waals surface area contributed by atoms with Crippen LogP contribution in [0.2, 0.25) is 0 Å². The molecule has 0 aromatic heterocycles. The standard InChI is InChI=1S/C5H7F3N2O3/c1-9-3(11)2-13-10-4(12)5(6,7)8/h2H2,1H3,(H,9,11)(H,10,12). The monoisotopic (exact) mass is 200 g/mol. The molecule has 0 bridgehead atoms. The van der Waals surface area contributed by atoms with E-state index in [0.29, 0.717) is 0 Å². The minimum absolute atomic E-state index is 0.650. The molecule has 76 valence electrons. The molecule has 5 nitrogen and oxygen atoms in total. The lowest BCUT2D eigenvalue weighted by Gasteiger charge is -2.06. The van der Waals surface area contributed by atoms with Crippen LogP contribution >= 0.6 is 0 Å². The van der Waals surface area contributed by atoms with Gasteiger partial charge in [-0.25, -0.2) is 5.48 Å². The smallest absolute Gasteiger partial charge is 0.357 e. The highest BCUT2D eigenvalue weighted by atomic mass is 19.4. The zero-order valence-electron chi connectivity index (χ0n) is 6.57. The van der Waals surface area contributed by atoms with Gasteiger partial charge in [0.2, 0.25) is 5.91 Å². The zero-order valence-corrected chi connectivity index (χ0v) is 6.57. The van der Waals surface area contributed by atoms with Gasteiger partial charge in [-0.15, -0.1) is 0 Å². The number of carbonyl (C=O) groups excluding carboxylic acids is 2. The van der Waals surface area contributed by atoms with Crippen molar-refractivity contribution in [2.75, 3.05) is 13.7 Å². The molecular weight excluding hydrogens is 193 g/mol. The molecule has 0 heterocycles. The van der Waals surface area contributed by atoms with E-state index in [0.717, 1.165) is 5.48 Å². The average Bonchev–Trinajstić information content (AvgIpc) is 2.02. The topological polar surface area (TPSA) is 67.4 Å². The fourth-order valence-corrected chi connectivity index (χ4v) is 0.297. The Hall–Kier alpha value is -1.31. The number of hydroxylamine groups is 1. The highest BCUT2D eigenvalue weighted by Gasteiger charge is 2.39. The van der Waals surface area contributed by atoms with Crippen LogP contribution in [0.5, 0.6) is 0 Å². The van der Waals surface area contributed by atoms with Gasteiger partial charge >= 0.3 is 12.1 Å². The van der Waals surface area contributed by atoms with Gasteiger partial charge < -0.3 is 5.32 Å². The number of nitrogens with one attached hydrogen (secondary N) is 2. The Morgan fingerprint density at radius 3 is 2.31 bits per heavy atom. The molecule has 0 aliphatic heterocycles. The summed E-state index contributed by atoms with van der Waals surface area (Å²) in [4.78, 5) is 24.4. The van der Waals surface area contributed by atoms with E-state index in [1.165, 1.54) is 7.05 Å². The van der Waals surface area contributed by atoms with Gasteiger partial charge in [0.25, 0.3) is 0 Å². The maximum absolute atomic E-state index is 11.5. The van der Waals surface area contributed by atoms with Crippen molar-refractivity contribution in [2.24, 2.45) is 0 Å². The Morgan fingerprint density at radius 2 is 1.92 bits per heavy atom. The number of carbonyl (C=O) groups is 2. The molecule has 0 aromatic carbocycles. The minimum Gasteiger partial charge on any atom is -0.357 e. The van der Waals surface area contributed by atoms with Gasteiger partial charge in [0, 0.05) is 7.05 Å². The summed E-state index contributed by atoms with van der Waals surface area (Å²) >= 11 is 0. The molecule has 0 unspecified atom stereocenters. The molecule has 2 amide bonds. The van der Waals surface area contributed by atoms with Crippen molar-refractivity contribution in [1.82, 2.24) is 10.8 Å². The minimum atomic E-state index is -5.01. The van der Waals surface area contributed by atoms with Crippen LogP contribution < -0.4 is 10.8 Å². The molecule has 0 aliphatic rings. The number of amides is 2. The first-order valence-electron chi connectivity index (χ1n) is 3.07. The molecule has 0 saturated carbocycles. The van der Waals surface area contributed by atoms with Gasteiger partial charge in [-0.3, -0.25) is 14.4 Å². The Morgan fingerprint density at radius 1 is 1.38 bits per heavy atom. The second kappa shape index (κ2) is 4.65. The Bertz CT molecular complexity index is 204. The van der Waals surface area contributed by atoms with E-state index < -0.39 is 24.6 Å². The third-order valence-electron chi connectivity index (χ3n) is 0.904. The molecule has 0 rings (SSSR count). The van der Waals surface area contributed by atoms with Crippen molar-refractivity contribution in [3.63, 3.8) is 0 Å². The van der Waals surface area contributed by atoms with Crippen LogP contribution in [-0.2, 0) is 14.4 Å². The lowest BCUT2D eigenvalue weighted by Crippen LogP contribution is -2.39. The number of hydrogen-bond acceptors (Lipinski definition) is 3. The summed E-state index contributed by atoms with van der Waals surface area (Å²) < 4.78 is 34.4. The Kier molecular flexibility index (Phi) is 4.18. The summed E-state index contributed by atoms with van der Waals surface area (Å²) in [5, 5.41) is 2.08. The van der Waals surface area contributed by atoms with Crippen molar-refractivity contribution >= 4 is 11.8 Å². The first-order valence-corrected chi connectivity index (χ1v) is 3.07. The molecule has 13 heavy (non-hydrogen) atoms. The summed E-state index contributed by atoms with van der Waals surface area (Å²) in [6.07, 6.45) is -5.01. The van der Waals surface area contributed by atoms with Crippen LogP contribution in [0.1, 0.15) is 0 Å². The fraction of sp³-hybridized carbons (Fsp3) is 0.600. The molecule has 0 aromatic rings. The number of halogens is 3. The molecule has 0 saturated heterocycles. The second-order valence-corrected chi connectivity index (χ2v) is 1.89. The van der Waals surface area contributed by atoms with Crippen LogP contribution in [0.3, 0.4) is 0 Å². The van der Waals surface area contributed by atoms with E-state index in [2.05, 4.69) is 10.2 Å². The normalized spacial score (nSPS) is 10.8. The lowest BCUT2D eigenvalue weighted by atomic mass is 10.6. The number of rotatable bonds is 3. The largest absolute Gasteiger partial charge is 0.473 e. The van der Waals surface area contributed by atoms with E-state index in [9.17, 15) is 22.8 Å². The van der Waals surface area contributed by atoms with Crippen molar-refractivity contribution < 1.29 is 27.6 Å². The molecule has 0 radical (unpaired) electrons. The number of likely N-dealkylation sites (N-methyl/N-ethyl adjacent to an activating group) is 1. The van der Waals surface area contributed by atoms with E-state index >= 15 is 0 Å². The van der Waals surface area contributed by atoms with Gasteiger partial charge in [-0.2, -0.15) is 13.2 Å². The Labute approximate surface area is 71.2 Å². The third-order valence-corrected chi connectivity index (χ3v) is 0.904. The molecule has 8 heteroatoms. The molecule has 0 fully saturated rings. The summed E-state index contributed by atoms with van der Waals surface area (Å²) in [7, 11) is 1.28. The van der Waals surface area contributed by atoms with Crippen molar-refractivity contribution in [1.29, 1.82) is 0 Å². The van der Waals surface area contributed by atoms with Crippen LogP contribution in [0.15, 0.2) is 0 Å². The van der Waals surface area contributed by atoms with Gasteiger partial charge in [-0.05, 0) is 0 Å². The molecule has 0 spiro atoms. The quantitative estimate of drug-likeness (QED) is 0.594. The summed E-state index contributed by atoms with van der Waals surface area (Å²) in [5.74, 6) is -2.90. The highest BCUT2D eigenvalue weighted by molar-refractivity contribution is 5.81. The SMILES string of the molecule is CNC(=O)CONC(=O)C(F)(F)F. The van der Waals surface area contributed by atoms with Gasteiger partial charge in [-0.1, -0.05) is 0 Å². The van der Waals surface area contributed by atoms with Crippen LogP contribution in [-0.4, -0.2) is 31.6 Å². The fourth-order valence-electron chi connectivity index (χ4n) is 0.297. The molecular formula is C5H7F3N2O3. The van der Waals surface area contributed by atoms with E-state index in [1.54, 1.807) is 0 Å². The Balaban J connectivity index is 3.67. The number of hydrogen-bond donors (Lipinski definition) is 2. The highest BCUT2D eigenvalue weighted by Crippen LogP contribution is 2.13. The second-order valence-electron chi connectivity index (χ2n) is 1.89. The zero-order chi connectivity index (χ0) is 10.5. The molecule has 2 N–H and O–H groups in total. The van der Waals surface area contributed by atoms with Gasteiger partial charge in [0.1, 0.15) is 0 Å². The van der Waals surface area contributed by atoms with E-state index in [-0.39, 0.29) is 0 Å². The first kappa shape index (κ1) is 11.7.